The fraction of sp³-hybridized carbons (Fsp3) is 0.222. The molecule has 0 aliphatic carbocycles. The van der Waals surface area contributed by atoms with E-state index in [9.17, 15) is 5.11 Å². The summed E-state index contributed by atoms with van der Waals surface area (Å²) in [6.07, 6.45) is 0. The summed E-state index contributed by atoms with van der Waals surface area (Å²) >= 11 is 0. The zero-order valence-corrected chi connectivity index (χ0v) is 14.7. The maximum Gasteiger partial charge on any atom is 0.147 e. The molecule has 3 aromatic rings. The molecule has 0 saturated heterocycles. The Morgan fingerprint density at radius 2 is 1.14 bits per heavy atom. The summed E-state index contributed by atoms with van der Waals surface area (Å²) in [5.41, 5.74) is 5.92. The molecule has 1 nitrogen and oxygen atoms in total. The van der Waals surface area contributed by atoms with Crippen LogP contribution in [0.2, 0.25) is 0 Å². The standard InChI is InChI=1S/C18H20OP2/c1-12-7-5-8-13(2)17(12)20-11-16(19)21(20)18-14(3)9-6-10-15(18)4/h5-11,19H,1-4H3. The summed E-state index contributed by atoms with van der Waals surface area (Å²) in [7, 11) is -0.980. The SMILES string of the molecule is Cc1cccc(C)c1-p1cc(O)p1-c1c(C)cccc1C. The molecular weight excluding hydrogens is 294 g/mol. The van der Waals surface area contributed by atoms with Crippen LogP contribution >= 0.6 is 14.4 Å². The van der Waals surface area contributed by atoms with Gasteiger partial charge in [-0.3, -0.25) is 0 Å². The van der Waals surface area contributed by atoms with Crippen molar-refractivity contribution in [2.75, 3.05) is 0 Å². The van der Waals surface area contributed by atoms with E-state index in [1.165, 1.54) is 32.9 Å². The quantitative estimate of drug-likeness (QED) is 0.566. The molecule has 0 aliphatic rings. The highest BCUT2D eigenvalue weighted by Gasteiger charge is 2.21. The number of hydrogen-bond acceptors (Lipinski definition) is 1. The van der Waals surface area contributed by atoms with Crippen molar-refractivity contribution >= 4 is 14.4 Å². The van der Waals surface area contributed by atoms with Gasteiger partial charge in [0.05, 0.1) is 0 Å². The molecule has 1 aromatic heterocycles. The number of rotatable bonds is 2. The molecule has 2 atom stereocenters. The Morgan fingerprint density at radius 1 is 0.714 bits per heavy atom. The van der Waals surface area contributed by atoms with Gasteiger partial charge < -0.3 is 5.11 Å². The van der Waals surface area contributed by atoms with Gasteiger partial charge in [-0.2, -0.15) is 0 Å². The van der Waals surface area contributed by atoms with Crippen LogP contribution in [-0.4, -0.2) is 5.11 Å². The molecule has 108 valence electrons. The van der Waals surface area contributed by atoms with Crippen molar-refractivity contribution in [2.24, 2.45) is 0 Å². The van der Waals surface area contributed by atoms with Crippen LogP contribution in [0.15, 0.2) is 42.2 Å². The lowest BCUT2D eigenvalue weighted by atomic mass is 10.2. The second-order valence-corrected chi connectivity index (χ2v) is 11.0. The van der Waals surface area contributed by atoms with Crippen LogP contribution in [0.1, 0.15) is 22.3 Å². The monoisotopic (exact) mass is 314 g/mol. The Labute approximate surface area is 128 Å². The first-order valence-corrected chi connectivity index (χ1v) is 10.6. The zero-order chi connectivity index (χ0) is 15.1. The van der Waals surface area contributed by atoms with Crippen LogP contribution in [0.4, 0.5) is 0 Å². The summed E-state index contributed by atoms with van der Waals surface area (Å²) in [6.45, 7) is 8.70. The van der Waals surface area contributed by atoms with E-state index in [2.05, 4.69) is 69.9 Å². The topological polar surface area (TPSA) is 20.2 Å². The van der Waals surface area contributed by atoms with E-state index in [-0.39, 0.29) is 0 Å². The molecule has 0 saturated carbocycles. The minimum absolute atomic E-state index is 0.393. The highest BCUT2D eigenvalue weighted by molar-refractivity contribution is 8.17. The third-order valence-electron chi connectivity index (χ3n) is 3.99. The van der Waals surface area contributed by atoms with Crippen molar-refractivity contribution in [3.63, 3.8) is 0 Å². The average Bonchev–Trinajstić information content (AvgIpc) is 2.41. The predicted molar refractivity (Wildman–Crippen MR) is 95.1 cm³/mol. The van der Waals surface area contributed by atoms with Crippen molar-refractivity contribution in [2.45, 2.75) is 27.7 Å². The summed E-state index contributed by atoms with van der Waals surface area (Å²) in [4.78, 5) is 0. The highest BCUT2D eigenvalue weighted by Crippen LogP contribution is 2.74. The Balaban J connectivity index is 2.25. The summed E-state index contributed by atoms with van der Waals surface area (Å²) in [5.74, 6) is 2.10. The van der Waals surface area contributed by atoms with Crippen molar-refractivity contribution in [3.05, 3.63) is 64.5 Å². The first kappa shape index (κ1) is 14.5. The van der Waals surface area contributed by atoms with Gasteiger partial charge in [-0.05, 0) is 57.2 Å². The zero-order valence-electron chi connectivity index (χ0n) is 12.9. The summed E-state index contributed by atoms with van der Waals surface area (Å²) in [5, 5.41) is 13.2. The molecule has 0 fully saturated rings. The summed E-state index contributed by atoms with van der Waals surface area (Å²) in [6, 6.07) is 12.9. The Hall–Kier alpha value is -1.42. The van der Waals surface area contributed by atoms with Gasteiger partial charge in [-0.1, -0.05) is 43.6 Å². The fourth-order valence-electron chi connectivity index (χ4n) is 2.97. The second-order valence-electron chi connectivity index (χ2n) is 5.62. The summed E-state index contributed by atoms with van der Waals surface area (Å²) < 4.78 is 0. The Morgan fingerprint density at radius 3 is 1.57 bits per heavy atom. The predicted octanol–water partition coefficient (Wildman–Crippen LogP) is 6.58. The van der Waals surface area contributed by atoms with E-state index in [0.717, 1.165) is 0 Å². The molecule has 2 aromatic carbocycles. The van der Waals surface area contributed by atoms with Gasteiger partial charge in [-0.15, -0.1) is 0 Å². The van der Waals surface area contributed by atoms with Gasteiger partial charge in [0.1, 0.15) is 5.48 Å². The molecule has 3 rings (SSSR count). The first-order chi connectivity index (χ1) is 10.0. The van der Waals surface area contributed by atoms with E-state index in [0.29, 0.717) is 5.48 Å². The van der Waals surface area contributed by atoms with Crippen molar-refractivity contribution in [1.29, 1.82) is 0 Å². The number of aryl methyl sites for hydroxylation is 4. The van der Waals surface area contributed by atoms with E-state index in [1.807, 2.05) is 0 Å². The Bertz CT molecular complexity index is 768. The molecule has 0 amide bonds. The van der Waals surface area contributed by atoms with Crippen LogP contribution < -0.4 is 0 Å². The molecule has 21 heavy (non-hydrogen) atoms. The average molecular weight is 314 g/mol. The van der Waals surface area contributed by atoms with E-state index >= 15 is 0 Å². The van der Waals surface area contributed by atoms with Crippen molar-refractivity contribution in [1.82, 2.24) is 0 Å². The van der Waals surface area contributed by atoms with Crippen LogP contribution in [0.5, 0.6) is 5.48 Å². The second kappa shape index (κ2) is 5.41. The van der Waals surface area contributed by atoms with Crippen LogP contribution in [-0.2, 0) is 0 Å². The van der Waals surface area contributed by atoms with E-state index < -0.39 is 14.4 Å². The number of benzene rings is 2. The molecule has 0 bridgehead atoms. The maximum atomic E-state index is 10.3. The first-order valence-electron chi connectivity index (χ1n) is 7.13. The molecule has 1 N–H and O–H groups in total. The third kappa shape index (κ3) is 2.35. The van der Waals surface area contributed by atoms with Crippen LogP contribution in [0, 0.1) is 27.7 Å². The minimum atomic E-state index is -0.586. The lowest BCUT2D eigenvalue weighted by molar-refractivity contribution is 0.491. The molecule has 2 unspecified atom stereocenters. The molecule has 3 heteroatoms. The van der Waals surface area contributed by atoms with Gasteiger partial charge in [-0.25, -0.2) is 0 Å². The number of aromatic hydroxyl groups is 1. The Kier molecular flexibility index (Phi) is 3.74. The lowest BCUT2D eigenvalue weighted by Gasteiger charge is -2.23. The van der Waals surface area contributed by atoms with E-state index in [1.54, 1.807) is 0 Å². The van der Waals surface area contributed by atoms with Gasteiger partial charge >= 0.3 is 0 Å². The normalized spacial score (nSPS) is 12.8. The van der Waals surface area contributed by atoms with Gasteiger partial charge in [0.15, 0.2) is 0 Å². The smallest absolute Gasteiger partial charge is 0.147 e. The van der Waals surface area contributed by atoms with Crippen molar-refractivity contribution < 1.29 is 5.11 Å². The maximum absolute atomic E-state index is 10.3. The van der Waals surface area contributed by atoms with Gasteiger partial charge in [0.25, 0.3) is 0 Å². The van der Waals surface area contributed by atoms with Gasteiger partial charge in [0.2, 0.25) is 0 Å². The largest absolute Gasteiger partial charge is 0.503 e. The molecular formula is C18H20OP2. The third-order valence-corrected chi connectivity index (χ3v) is 11.4. The molecule has 1 heterocycles. The molecule has 0 radical (unpaired) electrons. The van der Waals surface area contributed by atoms with Crippen LogP contribution in [0.25, 0.3) is 10.6 Å². The molecule has 0 aliphatic heterocycles. The van der Waals surface area contributed by atoms with Crippen molar-refractivity contribution in [3.8, 4) is 16.1 Å². The molecule has 0 spiro atoms. The number of hydrogen-bond donors (Lipinski definition) is 1. The minimum Gasteiger partial charge on any atom is -0.503 e. The lowest BCUT2D eigenvalue weighted by Crippen LogP contribution is -1.86. The van der Waals surface area contributed by atoms with Gasteiger partial charge in [0, 0.05) is 16.4 Å². The van der Waals surface area contributed by atoms with Crippen LogP contribution in [0.3, 0.4) is 0 Å². The van der Waals surface area contributed by atoms with E-state index in [4.69, 9.17) is 0 Å². The fourth-order valence-corrected chi connectivity index (χ4v) is 10.6. The highest BCUT2D eigenvalue weighted by atomic mass is 31.9.